The molecule has 0 aromatic heterocycles. The molecule has 0 saturated heterocycles. The first-order chi connectivity index (χ1) is 8.50. The molecule has 0 radical (unpaired) electrons. The summed E-state index contributed by atoms with van der Waals surface area (Å²) in [6.45, 7) is 9.04. The van der Waals surface area contributed by atoms with Crippen molar-refractivity contribution in [1.29, 1.82) is 0 Å². The van der Waals surface area contributed by atoms with Crippen LogP contribution in [0, 0.1) is 0 Å². The van der Waals surface area contributed by atoms with Gasteiger partial charge < -0.3 is 10.4 Å². The minimum Gasteiger partial charge on any atom is -0.389 e. The fraction of sp³-hybridized carbons (Fsp3) is 0.929. The lowest BCUT2D eigenvalue weighted by Crippen LogP contribution is -2.43. The summed E-state index contributed by atoms with van der Waals surface area (Å²) >= 11 is 0. The Hall–Kier alpha value is -0.610. The van der Waals surface area contributed by atoms with E-state index in [0.29, 0.717) is 12.6 Å². The zero-order valence-corrected chi connectivity index (χ0v) is 12.0. The number of likely N-dealkylation sites (N-methyl/N-ethyl adjacent to an activating group) is 1. The van der Waals surface area contributed by atoms with Crippen LogP contribution in [0.3, 0.4) is 0 Å². The van der Waals surface area contributed by atoms with E-state index in [9.17, 15) is 9.90 Å². The molecule has 0 aromatic carbocycles. The van der Waals surface area contributed by atoms with Crippen molar-refractivity contribution in [2.24, 2.45) is 0 Å². The fourth-order valence-electron chi connectivity index (χ4n) is 2.81. The number of hydrogen-bond donors (Lipinski definition) is 2. The smallest absolute Gasteiger partial charge is 0.222 e. The second-order valence-corrected chi connectivity index (χ2v) is 5.48. The molecule has 0 aliphatic heterocycles. The van der Waals surface area contributed by atoms with E-state index in [1.807, 2.05) is 0 Å². The second kappa shape index (κ2) is 7.10. The van der Waals surface area contributed by atoms with E-state index < -0.39 is 5.60 Å². The normalized spacial score (nSPS) is 20.1. The van der Waals surface area contributed by atoms with Crippen molar-refractivity contribution < 1.29 is 9.90 Å². The maximum Gasteiger partial charge on any atom is 0.222 e. The second-order valence-electron chi connectivity index (χ2n) is 5.48. The summed E-state index contributed by atoms with van der Waals surface area (Å²) in [6, 6.07) is 0.349. The molecule has 106 valence electrons. The summed E-state index contributed by atoms with van der Waals surface area (Å²) in [5.74, 6) is -0.0154. The summed E-state index contributed by atoms with van der Waals surface area (Å²) in [7, 11) is 0. The van der Waals surface area contributed by atoms with Crippen molar-refractivity contribution in [3.05, 3.63) is 0 Å². The molecule has 4 nitrogen and oxygen atoms in total. The van der Waals surface area contributed by atoms with E-state index in [4.69, 9.17) is 0 Å². The molecule has 1 rings (SSSR count). The van der Waals surface area contributed by atoms with E-state index in [0.717, 1.165) is 38.8 Å². The highest BCUT2D eigenvalue weighted by molar-refractivity contribution is 5.77. The van der Waals surface area contributed by atoms with E-state index >= 15 is 0 Å². The van der Waals surface area contributed by atoms with Gasteiger partial charge in [0.15, 0.2) is 0 Å². The Morgan fingerprint density at radius 3 is 2.39 bits per heavy atom. The van der Waals surface area contributed by atoms with E-state index in [1.54, 1.807) is 0 Å². The lowest BCUT2D eigenvalue weighted by atomic mass is 9.97. The Balaban J connectivity index is 2.28. The van der Waals surface area contributed by atoms with Gasteiger partial charge in [-0.05, 0) is 32.9 Å². The van der Waals surface area contributed by atoms with Crippen LogP contribution in [-0.4, -0.2) is 47.2 Å². The quantitative estimate of drug-likeness (QED) is 0.726. The first-order valence-electron chi connectivity index (χ1n) is 7.24. The number of rotatable bonds is 7. The number of amides is 1. The van der Waals surface area contributed by atoms with Gasteiger partial charge in [-0.3, -0.25) is 9.69 Å². The van der Waals surface area contributed by atoms with Gasteiger partial charge in [0.1, 0.15) is 0 Å². The van der Waals surface area contributed by atoms with Crippen molar-refractivity contribution in [2.75, 3.05) is 19.6 Å². The average Bonchev–Trinajstić information content (AvgIpc) is 2.74. The van der Waals surface area contributed by atoms with E-state index in [2.05, 4.69) is 31.0 Å². The van der Waals surface area contributed by atoms with Crippen LogP contribution >= 0.6 is 0 Å². The molecule has 0 aromatic rings. The van der Waals surface area contributed by atoms with Crippen LogP contribution in [0.1, 0.15) is 52.9 Å². The molecule has 1 saturated carbocycles. The third kappa shape index (κ3) is 4.58. The van der Waals surface area contributed by atoms with Crippen LogP contribution in [0.2, 0.25) is 0 Å². The van der Waals surface area contributed by atoms with Gasteiger partial charge in [-0.15, -0.1) is 0 Å². The molecule has 4 heteroatoms. The third-order valence-corrected chi connectivity index (χ3v) is 4.05. The number of carbonyl (C=O) groups is 1. The van der Waals surface area contributed by atoms with E-state index in [1.165, 1.54) is 0 Å². The minimum absolute atomic E-state index is 0.0154. The highest BCUT2D eigenvalue weighted by Crippen LogP contribution is 2.32. The number of nitrogens with zero attached hydrogens (tertiary/aromatic N) is 1. The molecule has 0 spiro atoms. The van der Waals surface area contributed by atoms with Gasteiger partial charge in [0.25, 0.3) is 0 Å². The SMILES string of the molecule is CCN(CC)C(C)CNC(=O)CC1(O)CCCC1. The minimum atomic E-state index is -0.734. The highest BCUT2D eigenvalue weighted by Gasteiger charge is 2.33. The largest absolute Gasteiger partial charge is 0.389 e. The van der Waals surface area contributed by atoms with Gasteiger partial charge in [0.2, 0.25) is 5.91 Å². The van der Waals surface area contributed by atoms with Crippen LogP contribution in [0.25, 0.3) is 0 Å². The summed E-state index contributed by atoms with van der Waals surface area (Å²) in [5, 5.41) is 13.1. The molecule has 18 heavy (non-hydrogen) atoms. The third-order valence-electron chi connectivity index (χ3n) is 4.05. The van der Waals surface area contributed by atoms with E-state index in [-0.39, 0.29) is 12.3 Å². The molecule has 1 aliphatic rings. The van der Waals surface area contributed by atoms with Crippen LogP contribution in [0.15, 0.2) is 0 Å². The van der Waals surface area contributed by atoms with Gasteiger partial charge in [-0.1, -0.05) is 26.7 Å². The predicted octanol–water partition coefficient (Wildman–Crippen LogP) is 1.53. The molecule has 2 N–H and O–H groups in total. The van der Waals surface area contributed by atoms with Crippen LogP contribution in [0.4, 0.5) is 0 Å². The Kier molecular flexibility index (Phi) is 6.09. The maximum atomic E-state index is 11.8. The van der Waals surface area contributed by atoms with Crippen molar-refractivity contribution in [1.82, 2.24) is 10.2 Å². The topological polar surface area (TPSA) is 52.6 Å². The number of nitrogens with one attached hydrogen (secondary N) is 1. The lowest BCUT2D eigenvalue weighted by molar-refractivity contribution is -0.126. The standard InChI is InChI=1S/C14H28N2O2/c1-4-16(5-2)12(3)11-15-13(17)10-14(18)8-6-7-9-14/h12,18H,4-11H2,1-3H3,(H,15,17). The highest BCUT2D eigenvalue weighted by atomic mass is 16.3. The molecule has 0 heterocycles. The molecule has 1 aliphatic carbocycles. The maximum absolute atomic E-state index is 11.8. The number of carbonyl (C=O) groups excluding carboxylic acids is 1. The average molecular weight is 256 g/mol. The Morgan fingerprint density at radius 2 is 1.89 bits per heavy atom. The fourth-order valence-corrected chi connectivity index (χ4v) is 2.81. The first-order valence-corrected chi connectivity index (χ1v) is 7.24. The molecule has 1 atom stereocenters. The first kappa shape index (κ1) is 15.4. The van der Waals surface area contributed by atoms with Gasteiger partial charge in [0, 0.05) is 12.6 Å². The molecular weight excluding hydrogens is 228 g/mol. The Labute approximate surface area is 111 Å². The Morgan fingerprint density at radius 1 is 1.33 bits per heavy atom. The van der Waals surface area contributed by atoms with Gasteiger partial charge in [-0.25, -0.2) is 0 Å². The van der Waals surface area contributed by atoms with Crippen molar-refractivity contribution in [3.63, 3.8) is 0 Å². The van der Waals surface area contributed by atoms with Crippen molar-refractivity contribution >= 4 is 5.91 Å². The van der Waals surface area contributed by atoms with Gasteiger partial charge in [-0.2, -0.15) is 0 Å². The lowest BCUT2D eigenvalue weighted by Gasteiger charge is -2.27. The van der Waals surface area contributed by atoms with Gasteiger partial charge in [0.05, 0.1) is 12.0 Å². The summed E-state index contributed by atoms with van der Waals surface area (Å²) in [6.07, 6.45) is 3.88. The molecule has 1 unspecified atom stereocenters. The molecule has 1 amide bonds. The van der Waals surface area contributed by atoms with Crippen LogP contribution in [0.5, 0.6) is 0 Å². The Bertz CT molecular complexity index is 259. The monoisotopic (exact) mass is 256 g/mol. The zero-order chi connectivity index (χ0) is 13.6. The molecule has 1 fully saturated rings. The number of hydrogen-bond acceptors (Lipinski definition) is 3. The number of aliphatic hydroxyl groups is 1. The van der Waals surface area contributed by atoms with Crippen molar-refractivity contribution in [2.45, 2.75) is 64.5 Å². The van der Waals surface area contributed by atoms with Crippen molar-refractivity contribution in [3.8, 4) is 0 Å². The summed E-state index contributed by atoms with van der Waals surface area (Å²) in [5.41, 5.74) is -0.734. The zero-order valence-electron chi connectivity index (χ0n) is 12.0. The van der Waals surface area contributed by atoms with Gasteiger partial charge >= 0.3 is 0 Å². The summed E-state index contributed by atoms with van der Waals surface area (Å²) < 4.78 is 0. The molecule has 0 bridgehead atoms. The van der Waals surface area contributed by atoms with Crippen LogP contribution < -0.4 is 5.32 Å². The van der Waals surface area contributed by atoms with Crippen LogP contribution in [-0.2, 0) is 4.79 Å². The predicted molar refractivity (Wildman–Crippen MR) is 73.4 cm³/mol. The molecular formula is C14H28N2O2. The summed E-state index contributed by atoms with van der Waals surface area (Å²) in [4.78, 5) is 14.1.